The Morgan fingerprint density at radius 1 is 1.24 bits per heavy atom. The monoisotopic (exact) mass is 291 g/mol. The second-order valence-electron chi connectivity index (χ2n) is 6.38. The van der Waals surface area contributed by atoms with Crippen LogP contribution in [0.2, 0.25) is 0 Å². The summed E-state index contributed by atoms with van der Waals surface area (Å²) in [4.78, 5) is 4.76. The van der Waals surface area contributed by atoms with Gasteiger partial charge >= 0.3 is 0 Å². The van der Waals surface area contributed by atoms with Crippen molar-refractivity contribution in [2.45, 2.75) is 30.8 Å². The highest BCUT2D eigenvalue weighted by molar-refractivity contribution is 5.36. The van der Waals surface area contributed by atoms with Gasteiger partial charge in [0, 0.05) is 24.2 Å². The predicted molar refractivity (Wildman–Crippen MR) is 87.7 cm³/mol. The molecule has 1 atom stereocenters. The summed E-state index contributed by atoms with van der Waals surface area (Å²) in [6, 6.07) is 8.38. The minimum Gasteiger partial charge on any atom is -0.496 e. The minimum absolute atomic E-state index is 0.193. The Morgan fingerprint density at radius 2 is 1.90 bits per heavy atom. The van der Waals surface area contributed by atoms with E-state index in [1.54, 1.807) is 7.11 Å². The second-order valence-corrected chi connectivity index (χ2v) is 6.38. The number of hydrogen-bond donors (Lipinski definition) is 1. The van der Waals surface area contributed by atoms with Crippen molar-refractivity contribution in [3.05, 3.63) is 29.8 Å². The van der Waals surface area contributed by atoms with E-state index in [2.05, 4.69) is 43.1 Å². The normalized spacial score (nSPS) is 18.6. The lowest BCUT2D eigenvalue weighted by Crippen LogP contribution is -2.57. The van der Waals surface area contributed by atoms with Crippen molar-refractivity contribution in [3.8, 4) is 5.75 Å². The Hall–Kier alpha value is -1.10. The van der Waals surface area contributed by atoms with Crippen LogP contribution in [-0.2, 0) is 0 Å². The number of ether oxygens (including phenoxy) is 1. The standard InChI is InChI=1S/C17H29N3O/c1-19(2)17(10-7-11-17)13-20(3)15(12-18)14-8-5-6-9-16(14)21-4/h5-6,8-9,15H,7,10-13,18H2,1-4H3. The average Bonchev–Trinajstić information content (AvgIpc) is 2.43. The summed E-state index contributed by atoms with van der Waals surface area (Å²) >= 11 is 0. The van der Waals surface area contributed by atoms with Gasteiger partial charge < -0.3 is 15.4 Å². The van der Waals surface area contributed by atoms with Gasteiger partial charge in [-0.15, -0.1) is 0 Å². The summed E-state index contributed by atoms with van der Waals surface area (Å²) in [5.74, 6) is 0.923. The smallest absolute Gasteiger partial charge is 0.123 e. The van der Waals surface area contributed by atoms with Crippen LogP contribution in [0.4, 0.5) is 0 Å². The third kappa shape index (κ3) is 3.23. The van der Waals surface area contributed by atoms with E-state index in [0.717, 1.165) is 12.3 Å². The van der Waals surface area contributed by atoms with E-state index in [4.69, 9.17) is 10.5 Å². The minimum atomic E-state index is 0.193. The molecule has 21 heavy (non-hydrogen) atoms. The zero-order chi connectivity index (χ0) is 15.5. The Balaban J connectivity index is 2.17. The molecule has 1 aromatic carbocycles. The molecule has 4 nitrogen and oxygen atoms in total. The van der Waals surface area contributed by atoms with E-state index in [0.29, 0.717) is 12.1 Å². The first-order valence-corrected chi connectivity index (χ1v) is 7.75. The number of likely N-dealkylation sites (N-methyl/N-ethyl adjacent to an activating group) is 2. The van der Waals surface area contributed by atoms with Crippen molar-refractivity contribution >= 4 is 0 Å². The van der Waals surface area contributed by atoms with E-state index in [-0.39, 0.29) is 6.04 Å². The molecule has 0 amide bonds. The molecular weight excluding hydrogens is 262 g/mol. The lowest BCUT2D eigenvalue weighted by Gasteiger charge is -2.50. The van der Waals surface area contributed by atoms with Crippen molar-refractivity contribution in [2.75, 3.05) is 41.3 Å². The molecule has 2 N–H and O–H groups in total. The number of para-hydroxylation sites is 1. The van der Waals surface area contributed by atoms with Crippen LogP contribution in [-0.4, -0.2) is 56.7 Å². The van der Waals surface area contributed by atoms with Gasteiger partial charge in [-0.3, -0.25) is 4.90 Å². The highest BCUT2D eigenvalue weighted by Crippen LogP contribution is 2.38. The molecule has 2 rings (SSSR count). The SMILES string of the molecule is COc1ccccc1C(CN)N(C)CC1(N(C)C)CCC1. The summed E-state index contributed by atoms with van der Waals surface area (Å²) < 4.78 is 5.50. The molecule has 0 aromatic heterocycles. The van der Waals surface area contributed by atoms with E-state index >= 15 is 0 Å². The molecule has 118 valence electrons. The van der Waals surface area contributed by atoms with Crippen LogP contribution in [0.25, 0.3) is 0 Å². The van der Waals surface area contributed by atoms with Gasteiger partial charge in [-0.2, -0.15) is 0 Å². The first-order valence-electron chi connectivity index (χ1n) is 7.75. The maximum Gasteiger partial charge on any atom is 0.123 e. The van der Waals surface area contributed by atoms with E-state index < -0.39 is 0 Å². The molecule has 1 unspecified atom stereocenters. The molecule has 1 fully saturated rings. The van der Waals surface area contributed by atoms with Crippen LogP contribution in [0.5, 0.6) is 5.75 Å². The van der Waals surface area contributed by atoms with Gasteiger partial charge in [-0.1, -0.05) is 18.2 Å². The summed E-state index contributed by atoms with van der Waals surface area (Å²) in [6.07, 6.45) is 3.87. The fourth-order valence-electron chi connectivity index (χ4n) is 3.39. The van der Waals surface area contributed by atoms with Crippen molar-refractivity contribution in [1.29, 1.82) is 0 Å². The number of methoxy groups -OCH3 is 1. The van der Waals surface area contributed by atoms with Crippen LogP contribution >= 0.6 is 0 Å². The number of hydrogen-bond acceptors (Lipinski definition) is 4. The first-order chi connectivity index (χ1) is 10.0. The van der Waals surface area contributed by atoms with Crippen LogP contribution in [0.3, 0.4) is 0 Å². The maximum absolute atomic E-state index is 6.07. The van der Waals surface area contributed by atoms with Gasteiger partial charge in [-0.25, -0.2) is 0 Å². The van der Waals surface area contributed by atoms with E-state index in [9.17, 15) is 0 Å². The quantitative estimate of drug-likeness (QED) is 0.835. The summed E-state index contributed by atoms with van der Waals surface area (Å²) in [6.45, 7) is 1.64. The van der Waals surface area contributed by atoms with E-state index in [1.165, 1.54) is 24.8 Å². The fraction of sp³-hybridized carbons (Fsp3) is 0.647. The molecule has 4 heteroatoms. The van der Waals surface area contributed by atoms with Crippen molar-refractivity contribution in [1.82, 2.24) is 9.80 Å². The van der Waals surface area contributed by atoms with E-state index in [1.807, 2.05) is 12.1 Å². The molecule has 0 heterocycles. The highest BCUT2D eigenvalue weighted by Gasteiger charge is 2.40. The van der Waals surface area contributed by atoms with Crippen molar-refractivity contribution in [2.24, 2.45) is 5.73 Å². The average molecular weight is 291 g/mol. The second kappa shape index (κ2) is 6.77. The number of nitrogens with zero attached hydrogens (tertiary/aromatic N) is 2. The number of rotatable bonds is 7. The van der Waals surface area contributed by atoms with Crippen molar-refractivity contribution in [3.63, 3.8) is 0 Å². The Morgan fingerprint density at radius 3 is 2.38 bits per heavy atom. The third-order valence-corrected chi connectivity index (χ3v) is 5.03. The van der Waals surface area contributed by atoms with Gasteiger partial charge in [-0.05, 0) is 46.5 Å². The van der Waals surface area contributed by atoms with Gasteiger partial charge in [0.2, 0.25) is 0 Å². The molecule has 0 aliphatic heterocycles. The Labute approximate surface area is 128 Å². The van der Waals surface area contributed by atoms with Gasteiger partial charge in [0.15, 0.2) is 0 Å². The summed E-state index contributed by atoms with van der Waals surface area (Å²) in [5, 5.41) is 0. The zero-order valence-corrected chi connectivity index (χ0v) is 13.8. The Bertz CT molecular complexity index is 457. The van der Waals surface area contributed by atoms with Gasteiger partial charge in [0.1, 0.15) is 5.75 Å². The number of benzene rings is 1. The molecule has 0 saturated heterocycles. The summed E-state index contributed by atoms with van der Waals surface area (Å²) in [7, 11) is 8.27. The molecular formula is C17H29N3O. The molecule has 1 aliphatic rings. The summed E-state index contributed by atoms with van der Waals surface area (Å²) in [5.41, 5.74) is 7.56. The van der Waals surface area contributed by atoms with Crippen LogP contribution < -0.4 is 10.5 Å². The molecule has 1 saturated carbocycles. The highest BCUT2D eigenvalue weighted by atomic mass is 16.5. The number of nitrogens with two attached hydrogens (primary N) is 1. The maximum atomic E-state index is 6.07. The molecule has 0 bridgehead atoms. The van der Waals surface area contributed by atoms with Crippen LogP contribution in [0.15, 0.2) is 24.3 Å². The van der Waals surface area contributed by atoms with Crippen LogP contribution in [0.1, 0.15) is 30.9 Å². The molecule has 0 spiro atoms. The molecule has 1 aliphatic carbocycles. The third-order valence-electron chi connectivity index (χ3n) is 5.03. The molecule has 1 aromatic rings. The predicted octanol–water partition coefficient (Wildman–Crippen LogP) is 2.11. The zero-order valence-electron chi connectivity index (χ0n) is 13.8. The first kappa shape index (κ1) is 16.3. The van der Waals surface area contributed by atoms with Crippen molar-refractivity contribution < 1.29 is 4.74 Å². The Kier molecular flexibility index (Phi) is 5.25. The lowest BCUT2D eigenvalue weighted by atomic mass is 9.75. The topological polar surface area (TPSA) is 41.7 Å². The molecule has 0 radical (unpaired) electrons. The lowest BCUT2D eigenvalue weighted by molar-refractivity contribution is 0.0165. The largest absolute Gasteiger partial charge is 0.496 e. The fourth-order valence-corrected chi connectivity index (χ4v) is 3.39. The van der Waals surface area contributed by atoms with Gasteiger partial charge in [0.25, 0.3) is 0 Å². The van der Waals surface area contributed by atoms with Gasteiger partial charge in [0.05, 0.1) is 13.2 Å². The van der Waals surface area contributed by atoms with Crippen LogP contribution in [0, 0.1) is 0 Å².